The molecule has 0 aromatic heterocycles. The van der Waals surface area contributed by atoms with Gasteiger partial charge in [0.2, 0.25) is 0 Å². The Morgan fingerprint density at radius 2 is 0.978 bits per heavy atom. The molecule has 0 aliphatic heterocycles. The van der Waals surface area contributed by atoms with Crippen LogP contribution in [-0.2, 0) is 101 Å². The summed E-state index contributed by atoms with van der Waals surface area (Å²) in [6, 6.07) is 29.7. The molecule has 2 atom stereocenters. The second kappa shape index (κ2) is 57.7. The number of hydrogen-bond donors (Lipinski definition) is 2. The van der Waals surface area contributed by atoms with E-state index in [2.05, 4.69) is 130 Å². The predicted octanol–water partition coefficient (Wildman–Crippen LogP) is 16.9. The minimum atomic E-state index is -2.94. The summed E-state index contributed by atoms with van der Waals surface area (Å²) in [5.74, 6) is -0.257. The van der Waals surface area contributed by atoms with E-state index in [1.807, 2.05) is 81.4 Å². The molecule has 27 heteroatoms. The first-order valence-electron chi connectivity index (χ1n) is 31.0. The van der Waals surface area contributed by atoms with E-state index in [0.29, 0.717) is 69.7 Å². The quantitative estimate of drug-likeness (QED) is 0.0311. The maximum atomic E-state index is 12.1. The van der Waals surface area contributed by atoms with Gasteiger partial charge in [0, 0.05) is 90.9 Å². The van der Waals surface area contributed by atoms with Gasteiger partial charge in [-0.05, 0) is 149 Å². The van der Waals surface area contributed by atoms with Crippen LogP contribution in [-0.4, -0.2) is 155 Å². The first kappa shape index (κ1) is 96.1. The summed E-state index contributed by atoms with van der Waals surface area (Å²) < 4.78 is 96.7. The number of ether oxygens (including phenoxy) is 2. The molecule has 534 valence electrons. The molecule has 3 aromatic rings. The molecule has 0 aliphatic carbocycles. The van der Waals surface area contributed by atoms with Crippen molar-refractivity contribution in [3.05, 3.63) is 113 Å². The molecule has 22 nitrogen and oxygen atoms in total. The van der Waals surface area contributed by atoms with Crippen LogP contribution in [0.3, 0.4) is 0 Å². The molecule has 3 aromatic carbocycles. The van der Waals surface area contributed by atoms with Gasteiger partial charge in [-0.25, -0.2) is 14.0 Å². The van der Waals surface area contributed by atoms with Crippen molar-refractivity contribution >= 4 is 52.5 Å². The number of aryl methyl sites for hydroxylation is 2. The topological polar surface area (TPSA) is 268 Å². The average molecular weight is 1410 g/mol. The lowest BCUT2D eigenvalue weighted by molar-refractivity contribution is -0.142. The van der Waals surface area contributed by atoms with Gasteiger partial charge in [-0.3, -0.25) is 13.9 Å². The molecule has 93 heavy (non-hydrogen) atoms. The van der Waals surface area contributed by atoms with E-state index in [9.17, 15) is 18.5 Å². The van der Waals surface area contributed by atoms with Crippen molar-refractivity contribution in [3.8, 4) is 12.1 Å². The van der Waals surface area contributed by atoms with Crippen molar-refractivity contribution in [2.75, 3.05) is 89.0 Å². The van der Waals surface area contributed by atoms with Crippen molar-refractivity contribution in [3.63, 3.8) is 0 Å². The number of carbonyl (C=O) groups excluding carboxylic acids is 1. The predicted molar refractivity (Wildman–Crippen MR) is 380 cm³/mol. The van der Waals surface area contributed by atoms with E-state index < -0.39 is 40.4 Å². The van der Waals surface area contributed by atoms with E-state index in [1.165, 1.54) is 49.6 Å². The zero-order valence-electron chi connectivity index (χ0n) is 60.5. The molecule has 0 radical (unpaired) electrons. The Morgan fingerprint density at radius 1 is 0.613 bits per heavy atom. The van der Waals surface area contributed by atoms with Gasteiger partial charge in [0.25, 0.3) is 8.53 Å². The van der Waals surface area contributed by atoms with Crippen LogP contribution < -0.4 is 0 Å². The van der Waals surface area contributed by atoms with Gasteiger partial charge in [-0.15, -0.1) is 9.05 Å². The van der Waals surface area contributed by atoms with Gasteiger partial charge in [-0.1, -0.05) is 92.4 Å². The van der Waals surface area contributed by atoms with Crippen LogP contribution in [0.5, 0.6) is 0 Å². The van der Waals surface area contributed by atoms with Crippen LogP contribution in [0.25, 0.3) is 6.08 Å². The monoisotopic (exact) mass is 1410 g/mol. The molecule has 3 rings (SSSR count). The van der Waals surface area contributed by atoms with Gasteiger partial charge < -0.3 is 51.4 Å². The SMILES string of the molecule is C=Cc1ccc(COC(C)=O)cc1.CCN(C(C)C)P(OCCC#N)N(C(C)C)C(C)C.CO.COC(C)(C)C.COP(=O)(CCCc1ccc(CO)cc1)OC.COP(=O)(CCCc1ccc(COP(OCCC#N)N(C(C)C)C(C)C)cc1)OC.CO[P+](=O)OC. The number of methoxy groups -OCH3 is 1. The number of aliphatic hydroxyl groups is 2. The summed E-state index contributed by atoms with van der Waals surface area (Å²) >= 11 is 0. The number of benzene rings is 3. The second-order valence-electron chi connectivity index (χ2n) is 22.3. The Morgan fingerprint density at radius 3 is 1.28 bits per heavy atom. The Bertz CT molecular complexity index is 2490. The van der Waals surface area contributed by atoms with E-state index in [0.717, 1.165) is 72.7 Å². The largest absolute Gasteiger partial charge is 0.696 e. The molecule has 0 heterocycles. The molecule has 2 N–H and O–H groups in total. The number of esters is 1. The Hall–Kier alpha value is -3.33. The molecule has 0 saturated heterocycles. The number of aliphatic hydroxyl groups excluding tert-OH is 2. The minimum Gasteiger partial charge on any atom is -0.461 e. The molecule has 0 amide bonds. The normalized spacial score (nSPS) is 11.9. The van der Waals surface area contributed by atoms with Crippen LogP contribution in [0.15, 0.2) is 79.4 Å². The van der Waals surface area contributed by atoms with E-state index >= 15 is 0 Å². The van der Waals surface area contributed by atoms with Gasteiger partial charge in [0.1, 0.15) is 6.61 Å². The lowest BCUT2D eigenvalue weighted by atomic mass is 10.1. The summed E-state index contributed by atoms with van der Waals surface area (Å²) in [5.41, 5.74) is 6.36. The molecule has 0 bridgehead atoms. The zero-order chi connectivity index (χ0) is 72.2. The smallest absolute Gasteiger partial charge is 0.461 e. The number of carbonyl (C=O) groups is 1. The van der Waals surface area contributed by atoms with Gasteiger partial charge in [0.05, 0.1) is 83.6 Å². The molecule has 0 saturated carbocycles. The summed E-state index contributed by atoms with van der Waals surface area (Å²) in [7, 11) is 1.29. The van der Waals surface area contributed by atoms with Crippen molar-refractivity contribution in [2.24, 2.45) is 0 Å². The summed E-state index contributed by atoms with van der Waals surface area (Å²) in [6.07, 6.45) is 6.49. The van der Waals surface area contributed by atoms with Crippen molar-refractivity contribution < 1.29 is 78.9 Å². The molecule has 2 unspecified atom stereocenters. The lowest BCUT2D eigenvalue weighted by Crippen LogP contribution is -2.40. The highest BCUT2D eigenvalue weighted by molar-refractivity contribution is 7.54. The number of nitrogens with zero attached hydrogens (tertiary/aromatic N) is 5. The zero-order valence-corrected chi connectivity index (χ0v) is 65.0. The first-order valence-corrected chi connectivity index (χ1v) is 37.8. The fourth-order valence-corrected chi connectivity index (χ4v) is 13.8. The standard InChI is InChI=1S/C21H36N2O5P2.C14H30N3OP.C12H19O4P.C11H12O2.C5H12O.C2H6O3P.CH4O/c1-18(2)23(19(3)4)29(27-15-8-14-22)28-17-21-12-10-20(11-13-21)9-7-16-30(24,25-5)26-6;1-8-16(12(2)3)19(18-11-9-10-15)17(13(4)5)14(6)7;1-15-17(14,16-2)9-3-4-11-5-7-12(10-13)8-6-11;1-3-10-4-6-11(7-5-10)8-13-9(2)12;1-5(2,3)6-4;1-4-6(3)5-2;1-2/h10-13,18-19H,7-9,15-17H2,1-6H3;12-14H,8-9,11H2,1-7H3;5-8,13H,3-4,9-10H2,1-2H3;3-7H,1,8H2,2H3;1-4H3;1-2H3;2H,1H3/q;;;;;+1;. The Balaban J connectivity index is -0.000000548. The maximum absolute atomic E-state index is 12.1. The average Bonchev–Trinajstić information content (AvgIpc) is 0.971. The van der Waals surface area contributed by atoms with Crippen LogP contribution in [0.2, 0.25) is 0 Å². The fraction of sp³-hybridized carbons (Fsp3) is 0.652. The van der Waals surface area contributed by atoms with Gasteiger partial charge in [0.15, 0.2) is 8.45 Å². The van der Waals surface area contributed by atoms with Crippen LogP contribution in [0.1, 0.15) is 163 Å². The van der Waals surface area contributed by atoms with Crippen molar-refractivity contribution in [1.29, 1.82) is 10.5 Å². The summed E-state index contributed by atoms with van der Waals surface area (Å²) in [6.45, 7) is 37.7. The third-order valence-electron chi connectivity index (χ3n) is 12.5. The fourth-order valence-electron chi connectivity index (χ4n) is 7.66. The maximum Gasteiger partial charge on any atom is 0.696 e. The highest BCUT2D eigenvalue weighted by Crippen LogP contribution is 2.50. The van der Waals surface area contributed by atoms with Crippen LogP contribution in [0.4, 0.5) is 0 Å². The number of rotatable bonds is 36. The molecule has 0 spiro atoms. The first-order chi connectivity index (χ1) is 43.8. The molecule has 0 fully saturated rings. The van der Waals surface area contributed by atoms with E-state index in [4.69, 9.17) is 61.9 Å². The van der Waals surface area contributed by atoms with Crippen LogP contribution >= 0.6 is 40.4 Å². The van der Waals surface area contributed by atoms with Crippen molar-refractivity contribution in [1.82, 2.24) is 14.0 Å². The van der Waals surface area contributed by atoms with E-state index in [1.54, 1.807) is 13.2 Å². The third-order valence-corrected chi connectivity index (χ3v) is 22.0. The van der Waals surface area contributed by atoms with E-state index in [-0.39, 0.29) is 30.3 Å². The van der Waals surface area contributed by atoms with Gasteiger partial charge >= 0.3 is 29.4 Å². The highest BCUT2D eigenvalue weighted by atomic mass is 31.2. The lowest BCUT2D eigenvalue weighted by Gasteiger charge is -2.43. The third kappa shape index (κ3) is 48.1. The number of hydrogen-bond acceptors (Lipinski definition) is 22. The molecular formula is C66H119N5O17P5+. The van der Waals surface area contributed by atoms with Crippen molar-refractivity contribution in [2.45, 2.75) is 198 Å². The van der Waals surface area contributed by atoms with Gasteiger partial charge in [-0.2, -0.15) is 10.5 Å². The highest BCUT2D eigenvalue weighted by Gasteiger charge is 2.32. The Kier molecular flexibility index (Phi) is 59.6. The summed E-state index contributed by atoms with van der Waals surface area (Å²) in [4.78, 5) is 10.5. The second-order valence-corrected chi connectivity index (χ2v) is 31.4. The summed E-state index contributed by atoms with van der Waals surface area (Å²) in [5, 5.41) is 33.4. The molecule has 0 aliphatic rings. The molecular weight excluding hydrogens is 1290 g/mol. The minimum absolute atomic E-state index is 0.0417. The Labute approximate surface area is 565 Å². The van der Waals surface area contributed by atoms with Crippen LogP contribution in [0, 0.1) is 22.7 Å². The number of nitriles is 2.